The number of nitrogens with zero attached hydrogens (tertiary/aromatic N) is 1. The van der Waals surface area contributed by atoms with Crippen LogP contribution in [0.5, 0.6) is 0 Å². The van der Waals surface area contributed by atoms with Crippen molar-refractivity contribution in [2.24, 2.45) is 0 Å². The number of hydrogen-bond donors (Lipinski definition) is 1. The minimum Gasteiger partial charge on any atom is -0.322 e. The Kier molecular flexibility index (Phi) is 3.25. The smallest absolute Gasteiger partial charge is 0.255 e. The highest BCUT2D eigenvalue weighted by Gasteiger charge is 2.38. The molecule has 1 saturated heterocycles. The molecule has 1 N–H and O–H groups in total. The van der Waals surface area contributed by atoms with Crippen molar-refractivity contribution in [1.29, 1.82) is 0 Å². The summed E-state index contributed by atoms with van der Waals surface area (Å²) in [5.41, 5.74) is 1.61. The van der Waals surface area contributed by atoms with Gasteiger partial charge < -0.3 is 4.90 Å². The second-order valence-corrected chi connectivity index (χ2v) is 5.80. The van der Waals surface area contributed by atoms with Gasteiger partial charge in [0.2, 0.25) is 11.8 Å². The minimum absolute atomic E-state index is 0.120. The number of benzene rings is 1. The molecule has 2 heterocycles. The number of carbonyl (C=O) groups is 3. The molecule has 0 aliphatic carbocycles. The molecule has 5 nitrogen and oxygen atoms in total. The number of amides is 3. The molecule has 3 rings (SSSR count). The lowest BCUT2D eigenvalue weighted by atomic mass is 10.0. The standard InChI is InChI=1S/C14H14N2O3S/c1-20-9-3-2-8-7-16(14(19)10(8)6-9)11-4-5-12(17)15-13(11)18/h2-3,6,11H,4-5,7H2,1H3,(H,15,17,18)/t11-/m1/s1. The molecule has 1 aromatic rings. The van der Waals surface area contributed by atoms with Gasteiger partial charge in [-0.1, -0.05) is 6.07 Å². The number of thioether (sulfide) groups is 1. The van der Waals surface area contributed by atoms with Gasteiger partial charge in [0, 0.05) is 23.4 Å². The molecule has 20 heavy (non-hydrogen) atoms. The molecule has 0 saturated carbocycles. The largest absolute Gasteiger partial charge is 0.322 e. The summed E-state index contributed by atoms with van der Waals surface area (Å²) in [5.74, 6) is -0.752. The van der Waals surface area contributed by atoms with Gasteiger partial charge in [0.05, 0.1) is 0 Å². The molecule has 0 spiro atoms. The molecule has 0 radical (unpaired) electrons. The Morgan fingerprint density at radius 3 is 2.80 bits per heavy atom. The molecule has 0 unspecified atom stereocenters. The minimum atomic E-state index is -0.537. The number of piperidine rings is 1. The first kappa shape index (κ1) is 13.2. The first-order valence-electron chi connectivity index (χ1n) is 6.41. The molecule has 0 bridgehead atoms. The van der Waals surface area contributed by atoms with E-state index in [1.807, 2.05) is 24.5 Å². The van der Waals surface area contributed by atoms with Gasteiger partial charge in [0.25, 0.3) is 5.91 Å². The number of carbonyl (C=O) groups excluding carboxylic acids is 3. The lowest BCUT2D eigenvalue weighted by molar-refractivity contribution is -0.136. The van der Waals surface area contributed by atoms with Crippen molar-refractivity contribution in [2.45, 2.75) is 30.3 Å². The van der Waals surface area contributed by atoms with E-state index in [0.29, 0.717) is 18.5 Å². The maximum atomic E-state index is 12.4. The Morgan fingerprint density at radius 1 is 1.30 bits per heavy atom. The van der Waals surface area contributed by atoms with Gasteiger partial charge in [-0.25, -0.2) is 0 Å². The third-order valence-corrected chi connectivity index (χ3v) is 4.46. The van der Waals surface area contributed by atoms with E-state index in [9.17, 15) is 14.4 Å². The molecular formula is C14H14N2O3S. The summed E-state index contributed by atoms with van der Waals surface area (Å²) in [6.45, 7) is 0.440. The Bertz CT molecular complexity index is 614. The third-order valence-electron chi connectivity index (χ3n) is 3.74. The number of rotatable bonds is 2. The van der Waals surface area contributed by atoms with E-state index >= 15 is 0 Å². The average molecular weight is 290 g/mol. The Balaban J connectivity index is 1.86. The lowest BCUT2D eigenvalue weighted by Gasteiger charge is -2.29. The van der Waals surface area contributed by atoms with Crippen molar-refractivity contribution in [3.63, 3.8) is 0 Å². The van der Waals surface area contributed by atoms with E-state index < -0.39 is 6.04 Å². The van der Waals surface area contributed by atoms with Crippen LogP contribution in [0.1, 0.15) is 28.8 Å². The Morgan fingerprint density at radius 2 is 2.10 bits per heavy atom. The van der Waals surface area contributed by atoms with Gasteiger partial charge in [-0.2, -0.15) is 0 Å². The molecule has 3 amide bonds. The zero-order valence-electron chi connectivity index (χ0n) is 11.0. The van der Waals surface area contributed by atoms with E-state index in [-0.39, 0.29) is 24.1 Å². The first-order chi connectivity index (χ1) is 9.60. The van der Waals surface area contributed by atoms with Crippen molar-refractivity contribution in [1.82, 2.24) is 10.2 Å². The summed E-state index contributed by atoms with van der Waals surface area (Å²) >= 11 is 1.58. The first-order valence-corrected chi connectivity index (χ1v) is 7.64. The monoisotopic (exact) mass is 290 g/mol. The molecule has 6 heteroatoms. The van der Waals surface area contributed by atoms with E-state index in [1.165, 1.54) is 0 Å². The Labute approximate surface area is 120 Å². The average Bonchev–Trinajstić information content (AvgIpc) is 2.76. The number of imide groups is 1. The summed E-state index contributed by atoms with van der Waals surface area (Å²) in [5, 5.41) is 2.30. The molecule has 104 valence electrons. The molecule has 1 atom stereocenters. The SMILES string of the molecule is CSc1ccc2c(c1)C(=O)N([C@@H]1CCC(=O)NC1=O)C2. The fraction of sp³-hybridized carbons (Fsp3) is 0.357. The Hall–Kier alpha value is -1.82. The zero-order chi connectivity index (χ0) is 14.3. The number of hydrogen-bond acceptors (Lipinski definition) is 4. The van der Waals surface area contributed by atoms with Crippen molar-refractivity contribution in [3.05, 3.63) is 29.3 Å². The van der Waals surface area contributed by atoms with Crippen LogP contribution >= 0.6 is 11.8 Å². The summed E-state index contributed by atoms with van der Waals surface area (Å²) < 4.78 is 0. The van der Waals surface area contributed by atoms with Gasteiger partial charge in [-0.15, -0.1) is 11.8 Å². The summed E-state index contributed by atoms with van der Waals surface area (Å²) in [6.07, 6.45) is 2.64. The highest BCUT2D eigenvalue weighted by atomic mass is 32.2. The number of nitrogens with one attached hydrogen (secondary N) is 1. The van der Waals surface area contributed by atoms with Crippen molar-refractivity contribution >= 4 is 29.5 Å². The van der Waals surface area contributed by atoms with Crippen LogP contribution in [-0.4, -0.2) is 34.9 Å². The molecular weight excluding hydrogens is 276 g/mol. The maximum absolute atomic E-state index is 12.4. The molecule has 1 aromatic carbocycles. The van der Waals surface area contributed by atoms with E-state index in [4.69, 9.17) is 0 Å². The number of fused-ring (bicyclic) bond motifs is 1. The highest BCUT2D eigenvalue weighted by molar-refractivity contribution is 7.98. The summed E-state index contributed by atoms with van der Waals surface area (Å²) in [7, 11) is 0. The van der Waals surface area contributed by atoms with Crippen LogP contribution in [0.2, 0.25) is 0 Å². The predicted octanol–water partition coefficient (Wildman–Crippen LogP) is 1.17. The van der Waals surface area contributed by atoms with Crippen LogP contribution in [0.4, 0.5) is 0 Å². The van der Waals surface area contributed by atoms with Gasteiger partial charge in [0.15, 0.2) is 0 Å². The highest BCUT2D eigenvalue weighted by Crippen LogP contribution is 2.30. The summed E-state index contributed by atoms with van der Waals surface area (Å²) in [4.78, 5) is 38.1. The fourth-order valence-electron chi connectivity index (χ4n) is 2.66. The summed E-state index contributed by atoms with van der Waals surface area (Å²) in [6, 6.07) is 5.24. The molecule has 0 aromatic heterocycles. The van der Waals surface area contributed by atoms with Gasteiger partial charge in [-0.3, -0.25) is 19.7 Å². The van der Waals surface area contributed by atoms with Crippen LogP contribution < -0.4 is 5.32 Å². The molecule has 2 aliphatic rings. The van der Waals surface area contributed by atoms with E-state index in [1.54, 1.807) is 16.7 Å². The lowest BCUT2D eigenvalue weighted by Crippen LogP contribution is -2.52. The third kappa shape index (κ3) is 2.10. The normalized spacial score (nSPS) is 21.9. The second kappa shape index (κ2) is 4.94. The quantitative estimate of drug-likeness (QED) is 0.656. The molecule has 1 fully saturated rings. The second-order valence-electron chi connectivity index (χ2n) is 4.92. The van der Waals surface area contributed by atoms with Gasteiger partial charge in [-0.05, 0) is 30.4 Å². The topological polar surface area (TPSA) is 66.5 Å². The van der Waals surface area contributed by atoms with Crippen LogP contribution in [0.15, 0.2) is 23.1 Å². The molecule has 2 aliphatic heterocycles. The maximum Gasteiger partial charge on any atom is 0.255 e. The predicted molar refractivity (Wildman–Crippen MR) is 74.3 cm³/mol. The van der Waals surface area contributed by atoms with Gasteiger partial charge >= 0.3 is 0 Å². The van der Waals surface area contributed by atoms with Crippen molar-refractivity contribution in [3.8, 4) is 0 Å². The van der Waals surface area contributed by atoms with Crippen LogP contribution in [0.3, 0.4) is 0 Å². The van der Waals surface area contributed by atoms with Crippen molar-refractivity contribution < 1.29 is 14.4 Å². The fourth-order valence-corrected chi connectivity index (χ4v) is 3.10. The van der Waals surface area contributed by atoms with E-state index in [0.717, 1.165) is 10.5 Å². The van der Waals surface area contributed by atoms with Crippen LogP contribution in [-0.2, 0) is 16.1 Å². The van der Waals surface area contributed by atoms with Crippen LogP contribution in [0.25, 0.3) is 0 Å². The van der Waals surface area contributed by atoms with E-state index in [2.05, 4.69) is 5.32 Å². The zero-order valence-corrected chi connectivity index (χ0v) is 11.8. The van der Waals surface area contributed by atoms with Crippen LogP contribution in [0, 0.1) is 0 Å². The van der Waals surface area contributed by atoms with Crippen molar-refractivity contribution in [2.75, 3.05) is 6.26 Å². The van der Waals surface area contributed by atoms with Gasteiger partial charge in [0.1, 0.15) is 6.04 Å².